The van der Waals surface area contributed by atoms with Crippen LogP contribution < -0.4 is 14.8 Å². The van der Waals surface area contributed by atoms with Crippen LogP contribution in [0.15, 0.2) is 85.2 Å². The number of ether oxygens (including phenoxy) is 2. The number of benzene rings is 2. The summed E-state index contributed by atoms with van der Waals surface area (Å²) in [5.41, 5.74) is 3.62. The number of anilines is 1. The maximum Gasteiger partial charge on any atom is 0.265 e. The molecule has 0 saturated carbocycles. The lowest BCUT2D eigenvalue weighted by Gasteiger charge is -2.16. The lowest BCUT2D eigenvalue weighted by atomic mass is 10.1. The molecule has 36 heavy (non-hydrogen) atoms. The van der Waals surface area contributed by atoms with Crippen molar-refractivity contribution < 1.29 is 14.3 Å². The predicted octanol–water partition coefficient (Wildman–Crippen LogP) is 4.66. The Kier molecular flexibility index (Phi) is 6.53. The Labute approximate surface area is 207 Å². The molecule has 1 atom stereocenters. The van der Waals surface area contributed by atoms with E-state index in [1.54, 1.807) is 36.0 Å². The van der Waals surface area contributed by atoms with Crippen LogP contribution in [-0.4, -0.2) is 43.4 Å². The first-order valence-electron chi connectivity index (χ1n) is 11.5. The van der Waals surface area contributed by atoms with Crippen molar-refractivity contribution in [3.8, 4) is 34.1 Å². The number of carbonyl (C=O) groups excluding carboxylic acids is 1. The molecule has 180 valence electrons. The van der Waals surface area contributed by atoms with Gasteiger partial charge in [0.05, 0.1) is 12.3 Å². The number of pyridine rings is 1. The number of nitrogens with zero attached hydrogens (tertiary/aromatic N) is 5. The van der Waals surface area contributed by atoms with Crippen LogP contribution >= 0.6 is 0 Å². The highest BCUT2D eigenvalue weighted by molar-refractivity contribution is 5.94. The second-order valence-corrected chi connectivity index (χ2v) is 7.99. The highest BCUT2D eigenvalue weighted by Gasteiger charge is 2.16. The minimum atomic E-state index is -0.709. The summed E-state index contributed by atoms with van der Waals surface area (Å²) in [6.45, 7) is 4.17. The van der Waals surface area contributed by atoms with E-state index in [-0.39, 0.29) is 5.91 Å². The van der Waals surface area contributed by atoms with Gasteiger partial charge in [0.15, 0.2) is 17.6 Å². The lowest BCUT2D eigenvalue weighted by Crippen LogP contribution is -2.30. The third-order valence-corrected chi connectivity index (χ3v) is 5.41. The lowest BCUT2D eigenvalue weighted by molar-refractivity contribution is -0.122. The number of carbonyl (C=O) groups is 1. The Hall–Kier alpha value is -4.79. The average molecular weight is 481 g/mol. The largest absolute Gasteiger partial charge is 0.494 e. The van der Waals surface area contributed by atoms with Crippen molar-refractivity contribution in [2.45, 2.75) is 20.0 Å². The van der Waals surface area contributed by atoms with E-state index in [1.165, 1.54) is 0 Å². The molecule has 0 aliphatic heterocycles. The van der Waals surface area contributed by atoms with Gasteiger partial charge in [-0.2, -0.15) is 9.61 Å². The normalized spacial score (nSPS) is 11.7. The Bertz CT molecular complexity index is 1500. The average Bonchev–Trinajstić information content (AvgIpc) is 3.33. The van der Waals surface area contributed by atoms with E-state index in [9.17, 15) is 4.79 Å². The zero-order chi connectivity index (χ0) is 24.9. The summed E-state index contributed by atoms with van der Waals surface area (Å²) < 4.78 is 13.0. The summed E-state index contributed by atoms with van der Waals surface area (Å²) in [6.07, 6.45) is 2.71. The summed E-state index contributed by atoms with van der Waals surface area (Å²) in [4.78, 5) is 17.0. The van der Waals surface area contributed by atoms with E-state index >= 15 is 0 Å². The molecule has 0 saturated heterocycles. The van der Waals surface area contributed by atoms with Crippen LogP contribution in [0.1, 0.15) is 13.8 Å². The van der Waals surface area contributed by atoms with Crippen LogP contribution in [-0.2, 0) is 4.79 Å². The molecule has 3 heterocycles. The first-order valence-corrected chi connectivity index (χ1v) is 11.5. The molecule has 1 amide bonds. The quantitative estimate of drug-likeness (QED) is 0.345. The number of rotatable bonds is 8. The van der Waals surface area contributed by atoms with Crippen LogP contribution in [0.5, 0.6) is 11.5 Å². The third-order valence-electron chi connectivity index (χ3n) is 5.41. The molecule has 2 aromatic carbocycles. The molecule has 0 aliphatic rings. The minimum absolute atomic E-state index is 0.268. The summed E-state index contributed by atoms with van der Waals surface area (Å²) >= 11 is 0. The minimum Gasteiger partial charge on any atom is -0.494 e. The molecule has 9 nitrogen and oxygen atoms in total. The number of hydrogen-bond acceptors (Lipinski definition) is 7. The van der Waals surface area contributed by atoms with Crippen LogP contribution in [0, 0.1) is 0 Å². The Morgan fingerprint density at radius 3 is 2.64 bits per heavy atom. The fraction of sp³-hybridized carbons (Fsp3) is 0.148. The number of amides is 1. The third kappa shape index (κ3) is 5.00. The van der Waals surface area contributed by atoms with Crippen molar-refractivity contribution in [2.24, 2.45) is 0 Å². The first kappa shape index (κ1) is 23.0. The molecule has 0 radical (unpaired) electrons. The van der Waals surface area contributed by atoms with Crippen molar-refractivity contribution in [1.29, 1.82) is 0 Å². The van der Waals surface area contributed by atoms with Gasteiger partial charge in [-0.3, -0.25) is 9.78 Å². The highest BCUT2D eigenvalue weighted by Crippen LogP contribution is 2.24. The van der Waals surface area contributed by atoms with Gasteiger partial charge in [0.25, 0.3) is 5.91 Å². The standard InChI is InChI=1S/C27H24N6O3/c1-3-35-22-10-5-11-23(16-22)36-18(2)27(34)29-21-9-4-7-19(15-21)24-12-13-25-30-31-26(33(25)32-24)20-8-6-14-28-17-20/h4-18H,3H2,1-2H3,(H,29,34). The van der Waals surface area contributed by atoms with E-state index in [0.717, 1.165) is 11.1 Å². The molecule has 0 spiro atoms. The van der Waals surface area contributed by atoms with Gasteiger partial charge in [-0.25, -0.2) is 0 Å². The second kappa shape index (κ2) is 10.2. The molecule has 0 fully saturated rings. The van der Waals surface area contributed by atoms with Crippen LogP contribution in [0.4, 0.5) is 5.69 Å². The van der Waals surface area contributed by atoms with Gasteiger partial charge in [0, 0.05) is 35.3 Å². The SMILES string of the molecule is CCOc1cccc(OC(C)C(=O)Nc2cccc(-c3ccc4nnc(-c5cccnc5)n4n3)c2)c1. The fourth-order valence-corrected chi connectivity index (χ4v) is 3.68. The van der Waals surface area contributed by atoms with Gasteiger partial charge >= 0.3 is 0 Å². The van der Waals surface area contributed by atoms with Gasteiger partial charge in [0.1, 0.15) is 11.5 Å². The summed E-state index contributed by atoms with van der Waals surface area (Å²) in [5, 5.41) is 16.1. The molecule has 5 rings (SSSR count). The molecule has 0 bridgehead atoms. The molecule has 0 aliphatic carbocycles. The molecule has 1 unspecified atom stereocenters. The van der Waals surface area contributed by atoms with Gasteiger partial charge in [-0.15, -0.1) is 10.2 Å². The van der Waals surface area contributed by atoms with Crippen molar-refractivity contribution in [2.75, 3.05) is 11.9 Å². The molecular weight excluding hydrogens is 456 g/mol. The van der Waals surface area contributed by atoms with E-state index in [4.69, 9.17) is 14.6 Å². The molecule has 5 aromatic rings. The maximum atomic E-state index is 12.8. The molecule has 3 aromatic heterocycles. The summed E-state index contributed by atoms with van der Waals surface area (Å²) in [6, 6.07) is 22.2. The van der Waals surface area contributed by atoms with Crippen molar-refractivity contribution in [3.63, 3.8) is 0 Å². The van der Waals surface area contributed by atoms with E-state index < -0.39 is 6.10 Å². The van der Waals surface area contributed by atoms with E-state index in [1.807, 2.05) is 67.6 Å². The van der Waals surface area contributed by atoms with Gasteiger partial charge < -0.3 is 14.8 Å². The number of fused-ring (bicyclic) bond motifs is 1. The van der Waals surface area contributed by atoms with Gasteiger partial charge in [-0.05, 0) is 62.4 Å². The highest BCUT2D eigenvalue weighted by atomic mass is 16.5. The zero-order valence-electron chi connectivity index (χ0n) is 19.8. The Morgan fingerprint density at radius 1 is 0.972 bits per heavy atom. The number of aromatic nitrogens is 5. The monoisotopic (exact) mass is 480 g/mol. The molecule has 1 N–H and O–H groups in total. The maximum absolute atomic E-state index is 12.8. The van der Waals surface area contributed by atoms with Crippen LogP contribution in [0.3, 0.4) is 0 Å². The fourth-order valence-electron chi connectivity index (χ4n) is 3.68. The Morgan fingerprint density at radius 2 is 1.81 bits per heavy atom. The Balaban J connectivity index is 1.33. The number of nitrogens with one attached hydrogen (secondary N) is 1. The van der Waals surface area contributed by atoms with Crippen LogP contribution in [0.2, 0.25) is 0 Å². The smallest absolute Gasteiger partial charge is 0.265 e. The van der Waals surface area contributed by atoms with Gasteiger partial charge in [-0.1, -0.05) is 18.2 Å². The first-order chi connectivity index (χ1) is 17.6. The van der Waals surface area contributed by atoms with Crippen molar-refractivity contribution >= 4 is 17.2 Å². The second-order valence-electron chi connectivity index (χ2n) is 7.99. The van der Waals surface area contributed by atoms with Gasteiger partial charge in [0.2, 0.25) is 0 Å². The summed E-state index contributed by atoms with van der Waals surface area (Å²) in [5.74, 6) is 1.59. The van der Waals surface area contributed by atoms with E-state index in [2.05, 4.69) is 20.5 Å². The topological polar surface area (TPSA) is 104 Å². The molecule has 9 heteroatoms. The number of hydrogen-bond donors (Lipinski definition) is 1. The van der Waals surface area contributed by atoms with Crippen molar-refractivity contribution in [3.05, 3.63) is 85.2 Å². The van der Waals surface area contributed by atoms with Crippen molar-refractivity contribution in [1.82, 2.24) is 24.8 Å². The van der Waals surface area contributed by atoms with E-state index in [0.29, 0.717) is 41.0 Å². The predicted molar refractivity (Wildman–Crippen MR) is 136 cm³/mol. The summed E-state index contributed by atoms with van der Waals surface area (Å²) in [7, 11) is 0. The zero-order valence-corrected chi connectivity index (χ0v) is 19.8. The van der Waals surface area contributed by atoms with Crippen LogP contribution in [0.25, 0.3) is 28.3 Å². The molecular formula is C27H24N6O3.